The minimum absolute atomic E-state index is 0.150. The molecule has 0 unspecified atom stereocenters. The van der Waals surface area contributed by atoms with Gasteiger partial charge in [-0.05, 0) is 84.1 Å². The third kappa shape index (κ3) is 5.89. The van der Waals surface area contributed by atoms with E-state index in [1.165, 1.54) is 12.1 Å². The zero-order chi connectivity index (χ0) is 19.7. The fraction of sp³-hybridized carbons (Fsp3) is 0.579. The normalized spacial score (nSPS) is 14.6. The van der Waals surface area contributed by atoms with Gasteiger partial charge >= 0.3 is 12.2 Å². The van der Waals surface area contributed by atoms with Crippen LogP contribution in [-0.4, -0.2) is 23.4 Å². The summed E-state index contributed by atoms with van der Waals surface area (Å²) in [6.07, 6.45) is 0.232. The van der Waals surface area contributed by atoms with Gasteiger partial charge in [0.05, 0.1) is 5.69 Å². The molecule has 0 aromatic heterocycles. The number of carbonyl (C=O) groups excluding carboxylic acids is 2. The molecule has 1 N–H and O–H groups in total. The Morgan fingerprint density at radius 3 is 2.15 bits per heavy atom. The third-order valence-electron chi connectivity index (χ3n) is 3.43. The predicted molar refractivity (Wildman–Crippen MR) is 96.5 cm³/mol. The van der Waals surface area contributed by atoms with Crippen LogP contribution in [0.3, 0.4) is 0 Å². The summed E-state index contributed by atoms with van der Waals surface area (Å²) in [5.74, 6) is -0.172. The molecule has 2 rings (SSSR count). The molecule has 0 heterocycles. The number of halogens is 1. The number of benzene rings is 1. The molecule has 1 saturated carbocycles. The Bertz CT molecular complexity index is 688. The van der Waals surface area contributed by atoms with Gasteiger partial charge in [-0.15, -0.1) is 0 Å². The van der Waals surface area contributed by atoms with E-state index in [0.717, 1.165) is 17.9 Å². The molecular weight excluding hydrogens is 339 g/mol. The van der Waals surface area contributed by atoms with E-state index in [0.29, 0.717) is 11.3 Å². The van der Waals surface area contributed by atoms with Crippen molar-refractivity contribution < 1.29 is 23.5 Å². The highest BCUT2D eigenvalue weighted by Gasteiger charge is 2.31. The molecule has 144 valence electrons. The molecular formula is C19H27FN2O4. The van der Waals surface area contributed by atoms with Gasteiger partial charge in [-0.2, -0.15) is 5.01 Å². The monoisotopic (exact) mass is 366 g/mol. The maximum Gasteiger partial charge on any atom is 0.434 e. The molecule has 1 aliphatic carbocycles. The number of anilines is 1. The van der Waals surface area contributed by atoms with Gasteiger partial charge in [-0.3, -0.25) is 0 Å². The van der Waals surface area contributed by atoms with Crippen LogP contribution in [0.5, 0.6) is 0 Å². The van der Waals surface area contributed by atoms with Crippen molar-refractivity contribution in [3.8, 4) is 0 Å². The van der Waals surface area contributed by atoms with Gasteiger partial charge in [0.25, 0.3) is 0 Å². The largest absolute Gasteiger partial charge is 0.443 e. The molecule has 1 fully saturated rings. The van der Waals surface area contributed by atoms with Crippen LogP contribution in [0.1, 0.15) is 65.9 Å². The molecule has 1 aliphatic rings. The fourth-order valence-corrected chi connectivity index (χ4v) is 2.29. The summed E-state index contributed by atoms with van der Waals surface area (Å²) in [5.41, 5.74) is 1.75. The van der Waals surface area contributed by atoms with Crippen LogP contribution in [0.4, 0.5) is 19.7 Å². The van der Waals surface area contributed by atoms with E-state index in [2.05, 4.69) is 5.43 Å². The summed E-state index contributed by atoms with van der Waals surface area (Å²) in [6, 6.07) is 4.27. The Morgan fingerprint density at radius 1 is 1.08 bits per heavy atom. The van der Waals surface area contributed by atoms with E-state index in [1.807, 2.05) is 0 Å². The summed E-state index contributed by atoms with van der Waals surface area (Å²) in [7, 11) is 0. The Labute approximate surface area is 153 Å². The van der Waals surface area contributed by atoms with Crippen LogP contribution in [0.2, 0.25) is 0 Å². The van der Waals surface area contributed by atoms with Crippen LogP contribution >= 0.6 is 0 Å². The second kappa shape index (κ2) is 7.13. The van der Waals surface area contributed by atoms with Gasteiger partial charge in [0.1, 0.15) is 17.0 Å². The van der Waals surface area contributed by atoms with Gasteiger partial charge in [0.15, 0.2) is 0 Å². The average Bonchev–Trinajstić information content (AvgIpc) is 3.26. The van der Waals surface area contributed by atoms with Gasteiger partial charge in [-0.25, -0.2) is 19.4 Å². The Hall–Kier alpha value is -2.31. The molecule has 0 aliphatic heterocycles. The Kier molecular flexibility index (Phi) is 5.49. The lowest BCUT2D eigenvalue weighted by Crippen LogP contribution is -2.50. The topological polar surface area (TPSA) is 67.9 Å². The lowest BCUT2D eigenvalue weighted by molar-refractivity contribution is 0.0425. The Morgan fingerprint density at radius 2 is 1.65 bits per heavy atom. The van der Waals surface area contributed by atoms with Crippen LogP contribution in [-0.2, 0) is 9.47 Å². The second-order valence-corrected chi connectivity index (χ2v) is 8.41. The van der Waals surface area contributed by atoms with Crippen molar-refractivity contribution in [1.82, 2.24) is 5.43 Å². The van der Waals surface area contributed by atoms with Crippen molar-refractivity contribution in [2.45, 2.75) is 71.5 Å². The van der Waals surface area contributed by atoms with E-state index in [1.54, 1.807) is 47.6 Å². The molecule has 2 amide bonds. The number of hydrogen-bond donors (Lipinski definition) is 1. The predicted octanol–water partition coefficient (Wildman–Crippen LogP) is 4.88. The number of nitrogens with one attached hydrogen (secondary N) is 1. The minimum Gasteiger partial charge on any atom is -0.443 e. The standard InChI is InChI=1S/C19H27FN2O4/c1-18(2,3)25-16(23)21-22(17(24)26-19(4,5)6)13-9-10-15(20)14(11-13)12-7-8-12/h9-12H,7-8H2,1-6H3,(H,21,23). The molecule has 0 spiro atoms. The van der Waals surface area contributed by atoms with Crippen LogP contribution in [0.15, 0.2) is 18.2 Å². The number of hydrogen-bond acceptors (Lipinski definition) is 4. The first-order valence-electron chi connectivity index (χ1n) is 8.68. The highest BCUT2D eigenvalue weighted by molar-refractivity contribution is 5.90. The number of rotatable bonds is 2. The van der Waals surface area contributed by atoms with Crippen LogP contribution in [0.25, 0.3) is 0 Å². The molecule has 0 saturated heterocycles. The highest BCUT2D eigenvalue weighted by Crippen LogP contribution is 2.42. The first kappa shape index (κ1) is 20.0. The Balaban J connectivity index is 2.29. The van der Waals surface area contributed by atoms with Crippen molar-refractivity contribution in [2.75, 3.05) is 5.01 Å². The van der Waals surface area contributed by atoms with Crippen LogP contribution < -0.4 is 10.4 Å². The quantitative estimate of drug-likeness (QED) is 0.757. The number of ether oxygens (including phenoxy) is 2. The number of nitrogens with zero attached hydrogens (tertiary/aromatic N) is 1. The zero-order valence-corrected chi connectivity index (χ0v) is 16.2. The molecule has 26 heavy (non-hydrogen) atoms. The van der Waals surface area contributed by atoms with E-state index in [4.69, 9.17) is 9.47 Å². The summed E-state index contributed by atoms with van der Waals surface area (Å²) >= 11 is 0. The third-order valence-corrected chi connectivity index (χ3v) is 3.43. The van der Waals surface area contributed by atoms with Crippen molar-refractivity contribution >= 4 is 17.9 Å². The molecule has 1 aromatic rings. The van der Waals surface area contributed by atoms with E-state index >= 15 is 0 Å². The number of amides is 2. The van der Waals surface area contributed by atoms with Crippen molar-refractivity contribution in [3.63, 3.8) is 0 Å². The number of carbonyl (C=O) groups is 2. The molecule has 0 bridgehead atoms. The molecule has 6 nitrogen and oxygen atoms in total. The second-order valence-electron chi connectivity index (χ2n) is 8.41. The van der Waals surface area contributed by atoms with Crippen molar-refractivity contribution in [1.29, 1.82) is 0 Å². The van der Waals surface area contributed by atoms with Gasteiger partial charge in [0, 0.05) is 0 Å². The molecule has 0 atom stereocenters. The number of hydrazine groups is 1. The summed E-state index contributed by atoms with van der Waals surface area (Å²) in [5, 5.41) is 0.949. The highest BCUT2D eigenvalue weighted by atomic mass is 19.1. The fourth-order valence-electron chi connectivity index (χ4n) is 2.29. The summed E-state index contributed by atoms with van der Waals surface area (Å²) < 4.78 is 24.6. The minimum atomic E-state index is -0.805. The van der Waals surface area contributed by atoms with Crippen molar-refractivity contribution in [3.05, 3.63) is 29.6 Å². The van der Waals surface area contributed by atoms with Gasteiger partial charge in [-0.1, -0.05) is 0 Å². The lowest BCUT2D eigenvalue weighted by atomic mass is 10.1. The lowest BCUT2D eigenvalue weighted by Gasteiger charge is -2.29. The van der Waals surface area contributed by atoms with Gasteiger partial charge < -0.3 is 9.47 Å². The maximum atomic E-state index is 14.0. The van der Waals surface area contributed by atoms with E-state index < -0.39 is 23.4 Å². The molecule has 0 radical (unpaired) electrons. The first-order chi connectivity index (χ1) is 11.9. The van der Waals surface area contributed by atoms with Gasteiger partial charge in [0.2, 0.25) is 0 Å². The van der Waals surface area contributed by atoms with Crippen molar-refractivity contribution in [2.24, 2.45) is 0 Å². The smallest absolute Gasteiger partial charge is 0.434 e. The average molecular weight is 366 g/mol. The summed E-state index contributed by atoms with van der Waals surface area (Å²) in [6.45, 7) is 10.3. The van der Waals surface area contributed by atoms with E-state index in [-0.39, 0.29) is 11.7 Å². The summed E-state index contributed by atoms with van der Waals surface area (Å²) in [4.78, 5) is 24.7. The van der Waals surface area contributed by atoms with Crippen LogP contribution in [0, 0.1) is 5.82 Å². The van der Waals surface area contributed by atoms with E-state index in [9.17, 15) is 14.0 Å². The maximum absolute atomic E-state index is 14.0. The zero-order valence-electron chi connectivity index (χ0n) is 16.2. The SMILES string of the molecule is CC(C)(C)OC(=O)NN(C(=O)OC(C)(C)C)c1ccc(F)c(C2CC2)c1. The molecule has 7 heteroatoms. The first-order valence-corrected chi connectivity index (χ1v) is 8.68. The molecule has 1 aromatic carbocycles.